The second-order valence-electron chi connectivity index (χ2n) is 18.0. The van der Waals surface area contributed by atoms with E-state index in [1.165, 1.54) is 12.1 Å². The first-order valence-corrected chi connectivity index (χ1v) is 25.8. The second kappa shape index (κ2) is 31.9. The SMILES string of the molecule is CCCCCCCC(=O)Oc1c(C(=O)CCCCCCC)c(OC(=O)CCCCCCC)c2c(=O)c(OC(=O)CCCCCCC)c(-c3ccc(O)c(O)c3)oc2c1C(=O)CCCCCCC. The van der Waals surface area contributed by atoms with E-state index in [0.717, 1.165) is 122 Å². The van der Waals surface area contributed by atoms with E-state index in [9.17, 15) is 34.2 Å². The predicted molar refractivity (Wildman–Crippen MR) is 264 cm³/mol. The number of rotatable bonds is 36. The molecule has 0 saturated carbocycles. The Bertz CT molecular complexity index is 2100. The number of ether oxygens (including phenoxy) is 3. The van der Waals surface area contributed by atoms with Gasteiger partial charge >= 0.3 is 17.9 Å². The van der Waals surface area contributed by atoms with Crippen LogP contribution in [0.15, 0.2) is 27.4 Å². The van der Waals surface area contributed by atoms with Crippen molar-refractivity contribution in [3.63, 3.8) is 0 Å². The number of ketones is 2. The van der Waals surface area contributed by atoms with Gasteiger partial charge in [-0.15, -0.1) is 0 Å². The van der Waals surface area contributed by atoms with E-state index >= 15 is 4.79 Å². The Hall–Kier alpha value is -5.00. The number of Topliss-reactive ketones (excluding diaryl/α,β-unsaturated/α-hetero) is 2. The first-order valence-electron chi connectivity index (χ1n) is 25.8. The lowest BCUT2D eigenvalue weighted by Crippen LogP contribution is -2.22. The Morgan fingerprint density at radius 2 is 0.821 bits per heavy atom. The zero-order valence-electron chi connectivity index (χ0n) is 41.4. The number of hydrogen-bond acceptors (Lipinski definition) is 12. The Kier molecular flexibility index (Phi) is 26.8. The van der Waals surface area contributed by atoms with Crippen LogP contribution in [-0.4, -0.2) is 39.7 Å². The smallest absolute Gasteiger partial charge is 0.311 e. The van der Waals surface area contributed by atoms with E-state index in [4.69, 9.17) is 18.6 Å². The van der Waals surface area contributed by atoms with Crippen molar-refractivity contribution in [3.8, 4) is 40.1 Å². The third kappa shape index (κ3) is 18.5. The van der Waals surface area contributed by atoms with Gasteiger partial charge in [-0.2, -0.15) is 0 Å². The lowest BCUT2D eigenvalue weighted by Gasteiger charge is -2.21. The van der Waals surface area contributed by atoms with E-state index in [-0.39, 0.29) is 54.6 Å². The van der Waals surface area contributed by atoms with Gasteiger partial charge in [0.1, 0.15) is 16.5 Å². The number of phenolic OH excluding ortho intramolecular Hbond substituents is 2. The quantitative estimate of drug-likeness (QED) is 0.0185. The monoisotopic (exact) mass is 933 g/mol. The Morgan fingerprint density at radius 3 is 1.24 bits per heavy atom. The highest BCUT2D eigenvalue weighted by Gasteiger charge is 2.36. The minimum atomic E-state index is -1.02. The molecule has 0 unspecified atom stereocenters. The van der Waals surface area contributed by atoms with E-state index in [1.54, 1.807) is 0 Å². The minimum Gasteiger partial charge on any atom is -0.504 e. The summed E-state index contributed by atoms with van der Waals surface area (Å²) >= 11 is 0. The molecule has 0 saturated heterocycles. The summed E-state index contributed by atoms with van der Waals surface area (Å²) in [6.07, 6.45) is 20.1. The van der Waals surface area contributed by atoms with Crippen LogP contribution >= 0.6 is 0 Å². The molecule has 0 bridgehead atoms. The van der Waals surface area contributed by atoms with E-state index < -0.39 is 74.6 Å². The number of unbranched alkanes of at least 4 members (excludes halogenated alkanes) is 20. The van der Waals surface area contributed by atoms with Gasteiger partial charge in [-0.3, -0.25) is 28.8 Å². The third-order valence-corrected chi connectivity index (χ3v) is 12.1. The summed E-state index contributed by atoms with van der Waals surface area (Å²) in [5.41, 5.74) is -2.17. The van der Waals surface area contributed by atoms with Crippen LogP contribution in [0, 0.1) is 0 Å². The highest BCUT2D eigenvalue weighted by molar-refractivity contribution is 6.17. The molecule has 0 spiro atoms. The number of carbonyl (C=O) groups is 5. The average molecular weight is 933 g/mol. The van der Waals surface area contributed by atoms with Gasteiger partial charge in [-0.25, -0.2) is 0 Å². The van der Waals surface area contributed by atoms with E-state index in [2.05, 4.69) is 34.6 Å². The number of aromatic hydroxyl groups is 2. The molecular weight excluding hydrogens is 853 g/mol. The maximum atomic E-state index is 15.4. The molecule has 0 atom stereocenters. The van der Waals surface area contributed by atoms with Gasteiger partial charge < -0.3 is 28.8 Å². The fraction of sp³-hybridized carbons (Fsp3) is 0.636. The summed E-state index contributed by atoms with van der Waals surface area (Å²) in [4.78, 5) is 86.6. The van der Waals surface area contributed by atoms with Crippen LogP contribution in [-0.2, 0) is 14.4 Å². The molecule has 0 amide bonds. The number of hydrogen-bond donors (Lipinski definition) is 2. The molecule has 0 aliphatic heterocycles. The fourth-order valence-corrected chi connectivity index (χ4v) is 8.16. The molecule has 12 nitrogen and oxygen atoms in total. The number of benzene rings is 2. The maximum Gasteiger partial charge on any atom is 0.311 e. The molecule has 3 aromatic rings. The highest BCUT2D eigenvalue weighted by atomic mass is 16.6. The predicted octanol–water partition coefficient (Wildman–Crippen LogP) is 14.8. The molecule has 2 aromatic carbocycles. The summed E-state index contributed by atoms with van der Waals surface area (Å²) in [6, 6.07) is 3.62. The van der Waals surface area contributed by atoms with Gasteiger partial charge in [-0.1, -0.05) is 163 Å². The van der Waals surface area contributed by atoms with Crippen molar-refractivity contribution in [2.24, 2.45) is 0 Å². The number of fused-ring (bicyclic) bond motifs is 1. The van der Waals surface area contributed by atoms with Crippen molar-refractivity contribution in [2.45, 2.75) is 227 Å². The first-order chi connectivity index (χ1) is 32.4. The normalized spacial score (nSPS) is 11.2. The summed E-state index contributed by atoms with van der Waals surface area (Å²) < 4.78 is 24.7. The molecule has 1 aromatic heterocycles. The van der Waals surface area contributed by atoms with Gasteiger partial charge in [0.2, 0.25) is 11.2 Å². The largest absolute Gasteiger partial charge is 0.504 e. The standard InChI is InChI=1S/C55H80O12/c1-6-11-16-21-26-31-41(57)47-52(64-44(60)33-28-23-18-13-8-3)48(42(58)32-27-22-17-12-7-2)54-49(53(47)65-45(61)34-29-24-19-14-9-4)50(63)55(66-46(62)35-30-25-20-15-10-5)51(67-54)39-36-37-40(56)43(59)38-39/h36-38,56,59H,6-35H2,1-5H3. The van der Waals surface area contributed by atoms with Crippen LogP contribution in [0.5, 0.6) is 28.7 Å². The zero-order valence-corrected chi connectivity index (χ0v) is 41.4. The molecule has 372 valence electrons. The summed E-state index contributed by atoms with van der Waals surface area (Å²) in [5.74, 6) is -6.39. The van der Waals surface area contributed by atoms with Crippen molar-refractivity contribution in [2.75, 3.05) is 0 Å². The zero-order chi connectivity index (χ0) is 49.0. The molecule has 1 heterocycles. The molecule has 0 radical (unpaired) electrons. The highest BCUT2D eigenvalue weighted by Crippen LogP contribution is 2.46. The molecular formula is C55H80O12. The van der Waals surface area contributed by atoms with Gasteiger partial charge in [0, 0.05) is 37.7 Å². The third-order valence-electron chi connectivity index (χ3n) is 12.1. The Morgan fingerprint density at radius 1 is 0.448 bits per heavy atom. The number of carbonyl (C=O) groups excluding carboxylic acids is 5. The first kappa shape index (κ1) is 56.3. The molecule has 0 fully saturated rings. The van der Waals surface area contributed by atoms with Gasteiger partial charge in [0.15, 0.2) is 45.9 Å². The summed E-state index contributed by atoms with van der Waals surface area (Å²) in [7, 11) is 0. The maximum absolute atomic E-state index is 15.4. The molecule has 0 aliphatic rings. The molecule has 12 heteroatoms. The summed E-state index contributed by atoms with van der Waals surface area (Å²) in [6.45, 7) is 10.4. The van der Waals surface area contributed by atoms with Crippen molar-refractivity contribution in [1.29, 1.82) is 0 Å². The topological polar surface area (TPSA) is 184 Å². The number of phenols is 2. The number of esters is 3. The van der Waals surface area contributed by atoms with Crippen LogP contribution in [0.2, 0.25) is 0 Å². The molecule has 67 heavy (non-hydrogen) atoms. The summed E-state index contributed by atoms with van der Waals surface area (Å²) in [5, 5.41) is 20.5. The van der Waals surface area contributed by atoms with Crippen molar-refractivity contribution in [1.82, 2.24) is 0 Å². The van der Waals surface area contributed by atoms with Gasteiger partial charge in [0.25, 0.3) is 0 Å². The Balaban J connectivity index is 2.52. The van der Waals surface area contributed by atoms with E-state index in [1.807, 2.05) is 0 Å². The van der Waals surface area contributed by atoms with Crippen molar-refractivity contribution >= 4 is 40.4 Å². The lowest BCUT2D eigenvalue weighted by atomic mass is 9.92. The van der Waals surface area contributed by atoms with Crippen molar-refractivity contribution < 1.29 is 52.8 Å². The Labute approximate surface area is 398 Å². The van der Waals surface area contributed by atoms with Crippen LogP contribution in [0.4, 0.5) is 0 Å². The van der Waals surface area contributed by atoms with Crippen LogP contribution in [0.1, 0.15) is 248 Å². The van der Waals surface area contributed by atoms with Crippen molar-refractivity contribution in [3.05, 3.63) is 39.5 Å². The fourth-order valence-electron chi connectivity index (χ4n) is 8.16. The second-order valence-corrected chi connectivity index (χ2v) is 18.0. The van der Waals surface area contributed by atoms with Crippen LogP contribution in [0.3, 0.4) is 0 Å². The van der Waals surface area contributed by atoms with Gasteiger partial charge in [0.05, 0.1) is 0 Å². The van der Waals surface area contributed by atoms with Gasteiger partial charge in [-0.05, 0) is 50.3 Å². The minimum absolute atomic E-state index is 0.00138. The van der Waals surface area contributed by atoms with E-state index in [0.29, 0.717) is 44.9 Å². The lowest BCUT2D eigenvalue weighted by molar-refractivity contribution is -0.135. The van der Waals surface area contributed by atoms with Crippen LogP contribution in [0.25, 0.3) is 22.3 Å². The van der Waals surface area contributed by atoms with Crippen LogP contribution < -0.4 is 19.6 Å². The molecule has 3 rings (SSSR count). The molecule has 0 aliphatic carbocycles. The average Bonchev–Trinajstić information content (AvgIpc) is 3.30. The molecule has 2 N–H and O–H groups in total.